The third-order valence-corrected chi connectivity index (χ3v) is 6.50. The highest BCUT2D eigenvalue weighted by Crippen LogP contribution is 2.41. The second kappa shape index (κ2) is 6.01. The third-order valence-electron chi connectivity index (χ3n) is 3.86. The molecule has 3 nitrogen and oxygen atoms in total. The predicted octanol–water partition coefficient (Wildman–Crippen LogP) is 3.66. The van der Waals surface area contributed by atoms with Gasteiger partial charge in [0, 0.05) is 18.7 Å². The fourth-order valence-corrected chi connectivity index (χ4v) is 5.17. The summed E-state index contributed by atoms with van der Waals surface area (Å²) in [6.45, 7) is 9.55. The normalized spacial score (nSPS) is 25.9. The summed E-state index contributed by atoms with van der Waals surface area (Å²) < 4.78 is 3.12. The average Bonchev–Trinajstić information content (AvgIpc) is 2.64. The molecule has 1 saturated heterocycles. The van der Waals surface area contributed by atoms with Gasteiger partial charge in [0.25, 0.3) is 0 Å². The van der Waals surface area contributed by atoms with Crippen molar-refractivity contribution in [1.82, 2.24) is 9.78 Å². The molecule has 20 heavy (non-hydrogen) atoms. The van der Waals surface area contributed by atoms with Crippen LogP contribution in [0.2, 0.25) is 0 Å². The number of nitrogens with zero attached hydrogens (tertiary/aromatic N) is 2. The molecule has 2 heterocycles. The topological polar surface area (TPSA) is 38.0 Å². The van der Waals surface area contributed by atoms with E-state index in [2.05, 4.69) is 48.7 Å². The van der Waals surface area contributed by atoms with Gasteiger partial charge in [0.15, 0.2) is 0 Å². The number of hydrogen-bond acceptors (Lipinski definition) is 3. The van der Waals surface area contributed by atoms with Gasteiger partial charge in [-0.05, 0) is 46.9 Å². The second-order valence-electron chi connectivity index (χ2n) is 6.61. The van der Waals surface area contributed by atoms with E-state index in [9.17, 15) is 5.11 Å². The van der Waals surface area contributed by atoms with Gasteiger partial charge in [-0.3, -0.25) is 4.68 Å². The number of aliphatic hydroxyl groups is 1. The Morgan fingerprint density at radius 3 is 2.60 bits per heavy atom. The first-order valence-corrected chi connectivity index (χ1v) is 9.29. The number of aryl methyl sites for hydroxylation is 2. The summed E-state index contributed by atoms with van der Waals surface area (Å²) in [4.78, 5) is 0. The molecule has 1 fully saturated rings. The first-order chi connectivity index (χ1) is 9.30. The Morgan fingerprint density at radius 1 is 1.35 bits per heavy atom. The first kappa shape index (κ1) is 16.4. The molecule has 0 bridgehead atoms. The SMILES string of the molecule is CCc1nn(CC)c(CC2(O)CSCC(C)(C)C2)c1Br. The van der Waals surface area contributed by atoms with Crippen LogP contribution in [-0.4, -0.2) is 32.0 Å². The minimum atomic E-state index is -0.618. The Morgan fingerprint density at radius 2 is 2.05 bits per heavy atom. The lowest BCUT2D eigenvalue weighted by molar-refractivity contribution is 0.0181. The van der Waals surface area contributed by atoms with Crippen molar-refractivity contribution in [3.05, 3.63) is 15.9 Å². The van der Waals surface area contributed by atoms with Crippen LogP contribution in [-0.2, 0) is 19.4 Å². The van der Waals surface area contributed by atoms with Gasteiger partial charge in [-0.25, -0.2) is 0 Å². The summed E-state index contributed by atoms with van der Waals surface area (Å²) in [7, 11) is 0. The van der Waals surface area contributed by atoms with E-state index < -0.39 is 5.60 Å². The van der Waals surface area contributed by atoms with Crippen LogP contribution in [0.5, 0.6) is 0 Å². The molecular formula is C15H25BrN2OS. The molecule has 1 unspecified atom stereocenters. The van der Waals surface area contributed by atoms with Crippen molar-refractivity contribution in [2.45, 2.75) is 59.1 Å². The average molecular weight is 361 g/mol. The zero-order chi connectivity index (χ0) is 15.0. The van der Waals surface area contributed by atoms with Crippen LogP contribution in [0.1, 0.15) is 45.5 Å². The zero-order valence-corrected chi connectivity index (χ0v) is 15.3. The monoisotopic (exact) mass is 360 g/mol. The lowest BCUT2D eigenvalue weighted by Gasteiger charge is -2.41. The fourth-order valence-electron chi connectivity index (χ4n) is 3.12. The lowest BCUT2D eigenvalue weighted by atomic mass is 9.80. The van der Waals surface area contributed by atoms with E-state index in [1.165, 1.54) is 0 Å². The van der Waals surface area contributed by atoms with Gasteiger partial charge in [0.2, 0.25) is 0 Å². The van der Waals surface area contributed by atoms with E-state index in [1.807, 2.05) is 16.4 Å². The van der Waals surface area contributed by atoms with Crippen LogP contribution in [0.3, 0.4) is 0 Å². The van der Waals surface area contributed by atoms with E-state index in [1.54, 1.807) is 0 Å². The molecule has 0 radical (unpaired) electrons. The standard InChI is InChI=1S/C15H25BrN2OS/c1-5-11-13(16)12(18(6-2)17-11)7-15(19)8-14(3,4)9-20-10-15/h19H,5-10H2,1-4H3. The molecule has 0 aliphatic carbocycles. The quantitative estimate of drug-likeness (QED) is 0.889. The molecule has 114 valence electrons. The van der Waals surface area contributed by atoms with Crippen molar-refractivity contribution in [1.29, 1.82) is 0 Å². The molecule has 1 atom stereocenters. The van der Waals surface area contributed by atoms with Crippen LogP contribution in [0, 0.1) is 5.41 Å². The van der Waals surface area contributed by atoms with Crippen LogP contribution < -0.4 is 0 Å². The molecule has 1 aliphatic rings. The molecule has 1 aromatic rings. The Bertz CT molecular complexity index is 486. The van der Waals surface area contributed by atoms with Crippen LogP contribution in [0.4, 0.5) is 0 Å². The van der Waals surface area contributed by atoms with Crippen LogP contribution in [0.15, 0.2) is 4.47 Å². The Hall–Kier alpha value is -0.000000000000000111. The molecule has 1 aliphatic heterocycles. The summed E-state index contributed by atoms with van der Waals surface area (Å²) in [5, 5.41) is 15.6. The second-order valence-corrected chi connectivity index (χ2v) is 8.39. The Balaban J connectivity index is 2.27. The van der Waals surface area contributed by atoms with Crippen molar-refractivity contribution in [2.24, 2.45) is 5.41 Å². The molecule has 0 saturated carbocycles. The van der Waals surface area contributed by atoms with Gasteiger partial charge in [0.1, 0.15) is 0 Å². The molecule has 2 rings (SSSR count). The Kier molecular flexibility index (Phi) is 4.92. The van der Waals surface area contributed by atoms with E-state index in [-0.39, 0.29) is 5.41 Å². The van der Waals surface area contributed by atoms with E-state index in [0.29, 0.717) is 6.42 Å². The minimum absolute atomic E-state index is 0.203. The highest BCUT2D eigenvalue weighted by atomic mass is 79.9. The van der Waals surface area contributed by atoms with Crippen molar-refractivity contribution in [3.8, 4) is 0 Å². The van der Waals surface area contributed by atoms with E-state index in [4.69, 9.17) is 0 Å². The highest BCUT2D eigenvalue weighted by Gasteiger charge is 2.40. The summed E-state index contributed by atoms with van der Waals surface area (Å²) in [5.74, 6) is 1.95. The summed E-state index contributed by atoms with van der Waals surface area (Å²) in [5.41, 5.74) is 1.82. The third kappa shape index (κ3) is 3.42. The number of hydrogen-bond donors (Lipinski definition) is 1. The zero-order valence-electron chi connectivity index (χ0n) is 12.9. The largest absolute Gasteiger partial charge is 0.389 e. The van der Waals surface area contributed by atoms with Gasteiger partial charge in [-0.1, -0.05) is 20.8 Å². The Labute approximate surface area is 134 Å². The van der Waals surface area contributed by atoms with Gasteiger partial charge in [0.05, 0.1) is 21.5 Å². The number of thioether (sulfide) groups is 1. The maximum Gasteiger partial charge on any atom is 0.0798 e. The van der Waals surface area contributed by atoms with Gasteiger partial charge in [-0.15, -0.1) is 0 Å². The molecule has 1 aromatic heterocycles. The van der Waals surface area contributed by atoms with Crippen molar-refractivity contribution >= 4 is 27.7 Å². The summed E-state index contributed by atoms with van der Waals surface area (Å²) in [6.07, 6.45) is 2.46. The van der Waals surface area contributed by atoms with E-state index >= 15 is 0 Å². The van der Waals surface area contributed by atoms with Gasteiger partial charge < -0.3 is 5.11 Å². The smallest absolute Gasteiger partial charge is 0.0798 e. The molecule has 0 spiro atoms. The van der Waals surface area contributed by atoms with Crippen molar-refractivity contribution in [3.63, 3.8) is 0 Å². The summed E-state index contributed by atoms with van der Waals surface area (Å²) >= 11 is 5.55. The minimum Gasteiger partial charge on any atom is -0.389 e. The molecule has 0 amide bonds. The molecular weight excluding hydrogens is 336 g/mol. The molecule has 1 N–H and O–H groups in total. The number of aromatic nitrogens is 2. The number of rotatable bonds is 4. The van der Waals surface area contributed by atoms with E-state index in [0.717, 1.165) is 46.8 Å². The van der Waals surface area contributed by atoms with Crippen molar-refractivity contribution in [2.75, 3.05) is 11.5 Å². The highest BCUT2D eigenvalue weighted by molar-refractivity contribution is 9.10. The maximum atomic E-state index is 11.0. The molecule has 0 aromatic carbocycles. The fraction of sp³-hybridized carbons (Fsp3) is 0.800. The number of halogens is 1. The lowest BCUT2D eigenvalue weighted by Crippen LogP contribution is -2.44. The predicted molar refractivity (Wildman–Crippen MR) is 89.4 cm³/mol. The van der Waals surface area contributed by atoms with Gasteiger partial charge >= 0.3 is 0 Å². The first-order valence-electron chi connectivity index (χ1n) is 7.34. The maximum absolute atomic E-state index is 11.0. The van der Waals surface area contributed by atoms with Crippen molar-refractivity contribution < 1.29 is 5.11 Å². The van der Waals surface area contributed by atoms with Gasteiger partial charge in [-0.2, -0.15) is 16.9 Å². The van der Waals surface area contributed by atoms with Crippen LogP contribution >= 0.6 is 27.7 Å². The molecule has 5 heteroatoms. The summed E-state index contributed by atoms with van der Waals surface area (Å²) in [6, 6.07) is 0. The van der Waals surface area contributed by atoms with Crippen LogP contribution in [0.25, 0.3) is 0 Å².